The van der Waals surface area contributed by atoms with E-state index in [1.165, 1.54) is 0 Å². The van der Waals surface area contributed by atoms with E-state index in [0.29, 0.717) is 6.42 Å². The van der Waals surface area contributed by atoms with E-state index in [-0.39, 0.29) is 11.0 Å². The van der Waals surface area contributed by atoms with Crippen LogP contribution in [0.3, 0.4) is 0 Å². The zero-order valence-corrected chi connectivity index (χ0v) is 11.5. The third-order valence-electron chi connectivity index (χ3n) is 2.43. The van der Waals surface area contributed by atoms with Crippen LogP contribution in [-0.2, 0) is 14.9 Å². The van der Waals surface area contributed by atoms with Gasteiger partial charge in [-0.25, -0.2) is 0 Å². The van der Waals surface area contributed by atoms with Crippen LogP contribution in [0.2, 0.25) is 0 Å². The Kier molecular flexibility index (Phi) is 4.91. The molecule has 0 saturated heterocycles. The van der Waals surface area contributed by atoms with Crippen LogP contribution in [0.5, 0.6) is 0 Å². The molecular weight excluding hydrogens is 242 g/mol. The van der Waals surface area contributed by atoms with Crippen molar-refractivity contribution >= 4 is 16.0 Å². The summed E-state index contributed by atoms with van der Waals surface area (Å²) in [5.41, 5.74) is 4.62. The van der Waals surface area contributed by atoms with Gasteiger partial charge in [-0.15, -0.1) is 0 Å². The number of carbonyl (C=O) groups excluding carboxylic acids is 1. The lowest BCUT2D eigenvalue weighted by Gasteiger charge is -2.28. The molecule has 0 radical (unpaired) electrons. The zero-order chi connectivity index (χ0) is 14.0. The molecule has 0 spiro atoms. The molecule has 0 aromatic rings. The van der Waals surface area contributed by atoms with Crippen molar-refractivity contribution in [3.8, 4) is 0 Å². The molecular formula is C11H21NO4S. The van der Waals surface area contributed by atoms with Crippen molar-refractivity contribution in [1.29, 1.82) is 0 Å². The van der Waals surface area contributed by atoms with Crippen molar-refractivity contribution in [2.75, 3.05) is 0 Å². The number of hydrogen-bond donors (Lipinski definition) is 2. The molecule has 0 aliphatic carbocycles. The van der Waals surface area contributed by atoms with Crippen LogP contribution in [0.15, 0.2) is 12.2 Å². The Bertz CT molecular complexity index is 406. The van der Waals surface area contributed by atoms with Gasteiger partial charge < -0.3 is 5.73 Å². The first-order valence-corrected chi connectivity index (χ1v) is 6.81. The number of rotatable bonds is 5. The minimum Gasteiger partial charge on any atom is -0.366 e. The average Bonchev–Trinajstić information content (AvgIpc) is 1.96. The van der Waals surface area contributed by atoms with E-state index < -0.39 is 27.2 Å². The smallest absolute Gasteiger partial charge is 0.272 e. The summed E-state index contributed by atoms with van der Waals surface area (Å²) >= 11 is 0. The molecule has 0 aromatic carbocycles. The van der Waals surface area contributed by atoms with Gasteiger partial charge in [-0.2, -0.15) is 8.42 Å². The highest BCUT2D eigenvalue weighted by Gasteiger charge is 2.35. The second-order valence-electron chi connectivity index (χ2n) is 5.57. The van der Waals surface area contributed by atoms with Crippen LogP contribution in [0.25, 0.3) is 0 Å². The summed E-state index contributed by atoms with van der Waals surface area (Å²) in [6.07, 6.45) is 0.518. The molecule has 2 unspecified atom stereocenters. The molecule has 0 aromatic heterocycles. The molecule has 5 nitrogen and oxygen atoms in total. The summed E-state index contributed by atoms with van der Waals surface area (Å²) in [5, 5.41) is -1.33. The lowest BCUT2D eigenvalue weighted by atomic mass is 9.82. The highest BCUT2D eigenvalue weighted by atomic mass is 32.2. The van der Waals surface area contributed by atoms with E-state index in [2.05, 4.69) is 6.58 Å². The number of primary amides is 1. The molecule has 6 heteroatoms. The molecule has 0 heterocycles. The normalized spacial score (nSPS) is 16.3. The SMILES string of the molecule is C=C(C(N)=O)C(C(C)CC(C)(C)C)S(=O)(=O)O. The Labute approximate surface area is 103 Å². The molecule has 100 valence electrons. The van der Waals surface area contributed by atoms with E-state index in [1.54, 1.807) is 6.92 Å². The molecule has 1 amide bonds. The largest absolute Gasteiger partial charge is 0.366 e. The quantitative estimate of drug-likeness (QED) is 0.578. The number of carbonyl (C=O) groups is 1. The first kappa shape index (κ1) is 16.1. The maximum Gasteiger partial charge on any atom is 0.272 e. The van der Waals surface area contributed by atoms with E-state index >= 15 is 0 Å². The average molecular weight is 263 g/mol. The highest BCUT2D eigenvalue weighted by molar-refractivity contribution is 7.86. The Hall–Kier alpha value is -0.880. The second kappa shape index (κ2) is 5.18. The fraction of sp³-hybridized carbons (Fsp3) is 0.727. The number of hydrogen-bond acceptors (Lipinski definition) is 3. The molecule has 0 bridgehead atoms. The summed E-state index contributed by atoms with van der Waals surface area (Å²) in [5.74, 6) is -1.35. The van der Waals surface area contributed by atoms with Crippen LogP contribution >= 0.6 is 0 Å². The molecule has 2 atom stereocenters. The fourth-order valence-electron chi connectivity index (χ4n) is 2.03. The maximum atomic E-state index is 11.3. The minimum atomic E-state index is -4.38. The highest BCUT2D eigenvalue weighted by Crippen LogP contribution is 2.30. The van der Waals surface area contributed by atoms with Gasteiger partial charge in [-0.05, 0) is 17.8 Å². The number of nitrogens with two attached hydrogens (primary N) is 1. The van der Waals surface area contributed by atoms with Crippen molar-refractivity contribution in [2.24, 2.45) is 17.1 Å². The predicted molar refractivity (Wildman–Crippen MR) is 66.9 cm³/mol. The monoisotopic (exact) mass is 263 g/mol. The number of amides is 1. The summed E-state index contributed by atoms with van der Waals surface area (Å²) in [7, 11) is -4.38. The van der Waals surface area contributed by atoms with Gasteiger partial charge >= 0.3 is 0 Å². The minimum absolute atomic E-state index is 0.125. The van der Waals surface area contributed by atoms with E-state index in [9.17, 15) is 13.2 Å². The van der Waals surface area contributed by atoms with Gasteiger partial charge in [0, 0.05) is 5.57 Å². The van der Waals surface area contributed by atoms with Crippen molar-refractivity contribution in [2.45, 2.75) is 39.4 Å². The van der Waals surface area contributed by atoms with Gasteiger partial charge in [0.1, 0.15) is 5.25 Å². The van der Waals surface area contributed by atoms with Gasteiger partial charge in [0.05, 0.1) is 0 Å². The van der Waals surface area contributed by atoms with Crippen LogP contribution in [0.4, 0.5) is 0 Å². The standard InChI is InChI=1S/C11H21NO4S/c1-7(6-11(3,4)5)9(17(14,15)16)8(2)10(12)13/h7,9H,2,6H2,1,3-5H3,(H2,12,13)(H,14,15,16). The van der Waals surface area contributed by atoms with Crippen LogP contribution in [-0.4, -0.2) is 24.1 Å². The summed E-state index contributed by atoms with van der Waals surface area (Å²) in [6, 6.07) is 0. The maximum absolute atomic E-state index is 11.3. The Morgan fingerprint density at radius 3 is 2.06 bits per heavy atom. The summed E-state index contributed by atoms with van der Waals surface area (Å²) in [6.45, 7) is 10.8. The van der Waals surface area contributed by atoms with Crippen molar-refractivity contribution in [3.05, 3.63) is 12.2 Å². The lowest BCUT2D eigenvalue weighted by molar-refractivity contribution is -0.114. The molecule has 0 aliphatic heterocycles. The molecule has 17 heavy (non-hydrogen) atoms. The third-order valence-corrected chi connectivity index (χ3v) is 3.82. The molecule has 0 fully saturated rings. The van der Waals surface area contributed by atoms with E-state index in [1.807, 2.05) is 20.8 Å². The van der Waals surface area contributed by atoms with Crippen molar-refractivity contribution in [3.63, 3.8) is 0 Å². The Balaban J connectivity index is 5.23. The molecule has 0 aliphatic rings. The first-order valence-electron chi connectivity index (χ1n) is 5.31. The second-order valence-corrected chi connectivity index (χ2v) is 7.10. The van der Waals surface area contributed by atoms with E-state index in [0.717, 1.165) is 0 Å². The topological polar surface area (TPSA) is 97.5 Å². The first-order chi connectivity index (χ1) is 7.36. The lowest BCUT2D eigenvalue weighted by Crippen LogP contribution is -2.36. The molecule has 3 N–H and O–H groups in total. The van der Waals surface area contributed by atoms with Gasteiger partial charge in [0.25, 0.3) is 10.1 Å². The fourth-order valence-corrected chi connectivity index (χ4v) is 3.19. The van der Waals surface area contributed by atoms with Gasteiger partial charge in [0.2, 0.25) is 5.91 Å². The summed E-state index contributed by atoms with van der Waals surface area (Å²) < 4.78 is 31.8. The Morgan fingerprint density at radius 1 is 1.41 bits per heavy atom. The summed E-state index contributed by atoms with van der Waals surface area (Å²) in [4.78, 5) is 11.0. The van der Waals surface area contributed by atoms with Gasteiger partial charge in [0.15, 0.2) is 0 Å². The Morgan fingerprint density at radius 2 is 1.82 bits per heavy atom. The third kappa shape index (κ3) is 5.32. The zero-order valence-electron chi connectivity index (χ0n) is 10.7. The van der Waals surface area contributed by atoms with Crippen molar-refractivity contribution in [1.82, 2.24) is 0 Å². The predicted octanol–water partition coefficient (Wildman–Crippen LogP) is 1.36. The van der Waals surface area contributed by atoms with Gasteiger partial charge in [-0.1, -0.05) is 34.3 Å². The van der Waals surface area contributed by atoms with Crippen molar-refractivity contribution < 1.29 is 17.8 Å². The van der Waals surface area contributed by atoms with E-state index in [4.69, 9.17) is 10.3 Å². The van der Waals surface area contributed by atoms with Crippen LogP contribution < -0.4 is 5.73 Å². The molecule has 0 saturated carbocycles. The van der Waals surface area contributed by atoms with Crippen LogP contribution in [0.1, 0.15) is 34.1 Å². The molecule has 0 rings (SSSR count). The van der Waals surface area contributed by atoms with Crippen LogP contribution in [0, 0.1) is 11.3 Å². The van der Waals surface area contributed by atoms with Gasteiger partial charge in [-0.3, -0.25) is 9.35 Å².